The number of nitrogens with zero attached hydrogens (tertiary/aromatic N) is 2. The van der Waals surface area contributed by atoms with Crippen LogP contribution in [0.2, 0.25) is 0 Å². The minimum absolute atomic E-state index is 0.0458. The number of hydrogen-bond donors (Lipinski definition) is 1. The third kappa shape index (κ3) is 3.59. The molecule has 0 bridgehead atoms. The van der Waals surface area contributed by atoms with Crippen LogP contribution < -0.4 is 10.1 Å². The second-order valence-corrected chi connectivity index (χ2v) is 5.23. The number of ketones is 1. The van der Waals surface area contributed by atoms with Crippen molar-refractivity contribution in [3.05, 3.63) is 46.2 Å². The zero-order chi connectivity index (χ0) is 13.8. The molecule has 6 heteroatoms. The zero-order valence-corrected chi connectivity index (χ0v) is 12.2. The van der Waals surface area contributed by atoms with Crippen molar-refractivity contribution in [3.8, 4) is 0 Å². The number of carbonyl (C=O) groups excluding carboxylic acids is 1. The molecule has 1 aromatic carbocycles. The van der Waals surface area contributed by atoms with Gasteiger partial charge in [-0.2, -0.15) is 4.99 Å². The molecule has 2 aromatic rings. The van der Waals surface area contributed by atoms with Crippen LogP contribution >= 0.6 is 23.6 Å². The maximum atomic E-state index is 11.2. The van der Waals surface area contributed by atoms with Gasteiger partial charge in [0, 0.05) is 29.9 Å². The topological polar surface area (TPSA) is 46.4 Å². The first-order valence-electron chi connectivity index (χ1n) is 5.63. The Morgan fingerprint density at radius 1 is 1.37 bits per heavy atom. The molecule has 1 N–H and O–H groups in total. The summed E-state index contributed by atoms with van der Waals surface area (Å²) in [4.78, 5) is 16.3. The number of nitrogens with one attached hydrogen (secondary N) is 1. The van der Waals surface area contributed by atoms with E-state index in [0.29, 0.717) is 10.7 Å². The molecule has 2 rings (SSSR count). The molecule has 0 saturated heterocycles. The summed E-state index contributed by atoms with van der Waals surface area (Å²) in [7, 11) is 1.92. The van der Waals surface area contributed by atoms with Crippen LogP contribution in [0.25, 0.3) is 0 Å². The molecule has 19 heavy (non-hydrogen) atoms. The van der Waals surface area contributed by atoms with Crippen molar-refractivity contribution in [3.63, 3.8) is 0 Å². The molecular formula is C13H13N3OS2. The minimum Gasteiger partial charge on any atom is -0.331 e. The van der Waals surface area contributed by atoms with E-state index in [1.807, 2.05) is 35.3 Å². The highest BCUT2D eigenvalue weighted by atomic mass is 32.1. The SMILES string of the molecule is CC(=O)c1ccc(NC(=S)/N=c2/sccn2C)cc1. The molecule has 0 radical (unpaired) electrons. The van der Waals surface area contributed by atoms with Gasteiger partial charge >= 0.3 is 0 Å². The first-order chi connectivity index (χ1) is 9.06. The van der Waals surface area contributed by atoms with Gasteiger partial charge in [-0.25, -0.2) is 0 Å². The Balaban J connectivity index is 2.12. The van der Waals surface area contributed by atoms with Crippen LogP contribution in [-0.2, 0) is 7.05 Å². The fourth-order valence-corrected chi connectivity index (χ4v) is 2.46. The van der Waals surface area contributed by atoms with Crippen molar-refractivity contribution in [1.29, 1.82) is 0 Å². The van der Waals surface area contributed by atoms with Crippen molar-refractivity contribution in [1.82, 2.24) is 4.57 Å². The van der Waals surface area contributed by atoms with Crippen molar-refractivity contribution in [2.24, 2.45) is 12.0 Å². The molecule has 1 heterocycles. The van der Waals surface area contributed by atoms with E-state index in [1.165, 1.54) is 11.3 Å². The van der Waals surface area contributed by atoms with E-state index in [0.717, 1.165) is 10.5 Å². The number of carbonyl (C=O) groups is 1. The van der Waals surface area contributed by atoms with Gasteiger partial charge in [-0.1, -0.05) is 0 Å². The molecule has 0 amide bonds. The summed E-state index contributed by atoms with van der Waals surface area (Å²) >= 11 is 6.70. The second kappa shape index (κ2) is 5.90. The highest BCUT2D eigenvalue weighted by Crippen LogP contribution is 2.10. The van der Waals surface area contributed by atoms with Gasteiger partial charge in [-0.15, -0.1) is 11.3 Å². The second-order valence-electron chi connectivity index (χ2n) is 3.97. The van der Waals surface area contributed by atoms with E-state index in [2.05, 4.69) is 10.3 Å². The van der Waals surface area contributed by atoms with Gasteiger partial charge in [-0.05, 0) is 43.4 Å². The van der Waals surface area contributed by atoms with Gasteiger partial charge in [0.15, 0.2) is 15.7 Å². The summed E-state index contributed by atoms with van der Waals surface area (Å²) < 4.78 is 1.90. The summed E-state index contributed by atoms with van der Waals surface area (Å²) in [6, 6.07) is 7.15. The van der Waals surface area contributed by atoms with Crippen LogP contribution in [0.3, 0.4) is 0 Å². The first kappa shape index (κ1) is 13.6. The Bertz CT molecular complexity index is 668. The predicted octanol–water partition coefficient (Wildman–Crippen LogP) is 2.59. The lowest BCUT2D eigenvalue weighted by atomic mass is 10.1. The molecule has 0 spiro atoms. The van der Waals surface area contributed by atoms with Gasteiger partial charge in [0.05, 0.1) is 0 Å². The molecule has 0 saturated carbocycles. The van der Waals surface area contributed by atoms with Gasteiger partial charge in [0.25, 0.3) is 0 Å². The lowest BCUT2D eigenvalue weighted by Gasteiger charge is -2.04. The Morgan fingerprint density at radius 2 is 2.05 bits per heavy atom. The van der Waals surface area contributed by atoms with Crippen molar-refractivity contribution in [2.75, 3.05) is 5.32 Å². The van der Waals surface area contributed by atoms with Crippen LogP contribution in [0.1, 0.15) is 17.3 Å². The molecule has 0 aliphatic heterocycles. The standard InChI is InChI=1S/C13H13N3OS2/c1-9(17)10-3-5-11(6-4-10)14-12(18)15-13-16(2)7-8-19-13/h3-8H,1-2H3,(H,14,18)/b15-13+. The largest absolute Gasteiger partial charge is 0.331 e. The fourth-order valence-electron chi connectivity index (χ4n) is 1.46. The molecular weight excluding hydrogens is 278 g/mol. The van der Waals surface area contributed by atoms with E-state index in [-0.39, 0.29) is 5.78 Å². The molecule has 0 aliphatic rings. The maximum Gasteiger partial charge on any atom is 0.199 e. The van der Waals surface area contributed by atoms with Crippen molar-refractivity contribution >= 4 is 40.1 Å². The average Bonchev–Trinajstić information content (AvgIpc) is 2.75. The van der Waals surface area contributed by atoms with Gasteiger partial charge in [-0.3, -0.25) is 4.79 Å². The predicted molar refractivity (Wildman–Crippen MR) is 81.5 cm³/mol. The van der Waals surface area contributed by atoms with Crippen molar-refractivity contribution < 1.29 is 4.79 Å². The number of rotatable bonds is 2. The Hall–Kier alpha value is -1.79. The number of thiocarbonyl (C=S) groups is 1. The minimum atomic E-state index is 0.0458. The van der Waals surface area contributed by atoms with E-state index in [9.17, 15) is 4.79 Å². The molecule has 0 fully saturated rings. The summed E-state index contributed by atoms with van der Waals surface area (Å²) in [5.74, 6) is 0.0458. The van der Waals surface area contributed by atoms with Crippen LogP contribution in [0.4, 0.5) is 5.69 Å². The lowest BCUT2D eigenvalue weighted by Crippen LogP contribution is -2.15. The lowest BCUT2D eigenvalue weighted by molar-refractivity contribution is 0.101. The molecule has 0 atom stereocenters. The Morgan fingerprint density at radius 3 is 2.58 bits per heavy atom. The van der Waals surface area contributed by atoms with Gasteiger partial charge in [0.2, 0.25) is 0 Å². The number of aromatic nitrogens is 1. The number of aryl methyl sites for hydroxylation is 1. The average molecular weight is 291 g/mol. The third-order valence-electron chi connectivity index (χ3n) is 2.50. The summed E-state index contributed by atoms with van der Waals surface area (Å²) in [5, 5.41) is 5.36. The van der Waals surface area contributed by atoms with E-state index < -0.39 is 0 Å². The van der Waals surface area contributed by atoms with Crippen LogP contribution in [0.5, 0.6) is 0 Å². The molecule has 0 aliphatic carbocycles. The molecule has 98 valence electrons. The number of thiazole rings is 1. The van der Waals surface area contributed by atoms with Crippen molar-refractivity contribution in [2.45, 2.75) is 6.92 Å². The van der Waals surface area contributed by atoms with E-state index in [1.54, 1.807) is 19.1 Å². The number of anilines is 1. The number of Topliss-reactive ketones (excluding diaryl/α,β-unsaturated/α-hetero) is 1. The van der Waals surface area contributed by atoms with Gasteiger partial charge in [0.1, 0.15) is 0 Å². The maximum absolute atomic E-state index is 11.2. The monoisotopic (exact) mass is 291 g/mol. The van der Waals surface area contributed by atoms with E-state index in [4.69, 9.17) is 12.2 Å². The number of benzene rings is 1. The summed E-state index contributed by atoms with van der Waals surface area (Å²) in [6.07, 6.45) is 1.92. The Kier molecular flexibility index (Phi) is 4.24. The smallest absolute Gasteiger partial charge is 0.199 e. The number of hydrogen-bond acceptors (Lipinski definition) is 3. The van der Waals surface area contributed by atoms with E-state index >= 15 is 0 Å². The first-order valence-corrected chi connectivity index (χ1v) is 6.92. The fraction of sp³-hybridized carbons (Fsp3) is 0.154. The molecule has 4 nitrogen and oxygen atoms in total. The third-order valence-corrected chi connectivity index (χ3v) is 3.54. The highest BCUT2D eigenvalue weighted by Gasteiger charge is 2.00. The highest BCUT2D eigenvalue weighted by molar-refractivity contribution is 7.80. The Labute approximate surface area is 120 Å². The van der Waals surface area contributed by atoms with Crippen LogP contribution in [0.15, 0.2) is 40.8 Å². The van der Waals surface area contributed by atoms with Crippen LogP contribution in [0, 0.1) is 0 Å². The van der Waals surface area contributed by atoms with Crippen LogP contribution in [-0.4, -0.2) is 15.5 Å². The summed E-state index contributed by atoms with van der Waals surface area (Å²) in [6.45, 7) is 1.54. The normalized spacial score (nSPS) is 11.4. The van der Waals surface area contributed by atoms with Gasteiger partial charge < -0.3 is 9.88 Å². The summed E-state index contributed by atoms with van der Waals surface area (Å²) in [5.41, 5.74) is 1.50. The molecule has 0 unspecified atom stereocenters. The quantitative estimate of drug-likeness (QED) is 0.683. The zero-order valence-electron chi connectivity index (χ0n) is 10.6. The molecule has 1 aromatic heterocycles.